The Bertz CT molecular complexity index is 586. The minimum absolute atomic E-state index is 0.0357. The first-order valence-electron chi connectivity index (χ1n) is 7.09. The Balaban J connectivity index is 2.87. The van der Waals surface area contributed by atoms with Crippen LogP contribution in [-0.4, -0.2) is 14.5 Å². The maximum atomic E-state index is 4.55. The maximum absolute atomic E-state index is 4.55. The van der Waals surface area contributed by atoms with Crippen molar-refractivity contribution in [2.24, 2.45) is 0 Å². The van der Waals surface area contributed by atoms with Crippen molar-refractivity contribution in [1.82, 2.24) is 14.5 Å². The predicted octanol–water partition coefficient (Wildman–Crippen LogP) is 4.43. The molecule has 19 heavy (non-hydrogen) atoms. The minimum Gasteiger partial charge on any atom is -0.327 e. The maximum Gasteiger partial charge on any atom is 0.144 e. The van der Waals surface area contributed by atoms with E-state index >= 15 is 0 Å². The fourth-order valence-corrected chi connectivity index (χ4v) is 2.50. The SMILES string of the molecule is CC(C)c1cn(C(C)(C)C)c2ncnc(C(C)C)c12. The molecule has 0 aliphatic rings. The number of hydrogen-bond donors (Lipinski definition) is 0. The summed E-state index contributed by atoms with van der Waals surface area (Å²) < 4.78 is 2.28. The molecule has 0 saturated heterocycles. The van der Waals surface area contributed by atoms with Crippen molar-refractivity contribution in [3.8, 4) is 0 Å². The van der Waals surface area contributed by atoms with Crippen LogP contribution in [0, 0.1) is 0 Å². The third-order valence-corrected chi connectivity index (χ3v) is 3.53. The molecule has 2 aromatic rings. The Morgan fingerprint density at radius 2 is 1.63 bits per heavy atom. The Kier molecular flexibility index (Phi) is 3.41. The van der Waals surface area contributed by atoms with Gasteiger partial charge in [0.05, 0.1) is 5.69 Å². The van der Waals surface area contributed by atoms with Gasteiger partial charge < -0.3 is 4.57 Å². The second-order valence-electron chi connectivity index (χ2n) is 6.89. The van der Waals surface area contributed by atoms with E-state index in [2.05, 4.69) is 69.2 Å². The first-order chi connectivity index (χ1) is 8.73. The number of fused-ring (bicyclic) bond motifs is 1. The van der Waals surface area contributed by atoms with Crippen LogP contribution in [0.1, 0.15) is 71.6 Å². The Morgan fingerprint density at radius 1 is 1.00 bits per heavy atom. The number of hydrogen-bond acceptors (Lipinski definition) is 2. The van der Waals surface area contributed by atoms with Crippen molar-refractivity contribution in [2.75, 3.05) is 0 Å². The molecule has 0 fully saturated rings. The Hall–Kier alpha value is -1.38. The van der Waals surface area contributed by atoms with Gasteiger partial charge in [0, 0.05) is 17.1 Å². The second-order valence-corrected chi connectivity index (χ2v) is 6.89. The normalized spacial score (nSPS) is 12.9. The number of aromatic nitrogens is 3. The molecule has 0 amide bonds. The smallest absolute Gasteiger partial charge is 0.144 e. The zero-order valence-electron chi connectivity index (χ0n) is 13.2. The van der Waals surface area contributed by atoms with E-state index in [4.69, 9.17) is 0 Å². The van der Waals surface area contributed by atoms with Gasteiger partial charge in [-0.25, -0.2) is 9.97 Å². The number of nitrogens with zero attached hydrogens (tertiary/aromatic N) is 3. The lowest BCUT2D eigenvalue weighted by Crippen LogP contribution is -2.21. The van der Waals surface area contributed by atoms with Crippen molar-refractivity contribution in [3.63, 3.8) is 0 Å². The molecule has 0 aliphatic carbocycles. The summed E-state index contributed by atoms with van der Waals surface area (Å²) >= 11 is 0. The van der Waals surface area contributed by atoms with Gasteiger partial charge in [0.1, 0.15) is 12.0 Å². The molecule has 0 N–H and O–H groups in total. The van der Waals surface area contributed by atoms with Gasteiger partial charge in [-0.1, -0.05) is 27.7 Å². The lowest BCUT2D eigenvalue weighted by molar-refractivity contribution is 0.407. The third kappa shape index (κ3) is 2.38. The molecular weight excluding hydrogens is 234 g/mol. The summed E-state index contributed by atoms with van der Waals surface area (Å²) in [5.74, 6) is 0.897. The van der Waals surface area contributed by atoms with E-state index in [1.165, 1.54) is 10.9 Å². The van der Waals surface area contributed by atoms with Gasteiger partial charge in [-0.3, -0.25) is 0 Å². The van der Waals surface area contributed by atoms with Crippen LogP contribution < -0.4 is 0 Å². The van der Waals surface area contributed by atoms with Gasteiger partial charge in [-0.2, -0.15) is 0 Å². The zero-order chi connectivity index (χ0) is 14.4. The highest BCUT2D eigenvalue weighted by molar-refractivity contribution is 5.84. The van der Waals surface area contributed by atoms with E-state index < -0.39 is 0 Å². The van der Waals surface area contributed by atoms with E-state index in [1.807, 2.05) is 0 Å². The quantitative estimate of drug-likeness (QED) is 0.798. The Morgan fingerprint density at radius 3 is 2.11 bits per heavy atom. The van der Waals surface area contributed by atoms with Crippen LogP contribution in [0.25, 0.3) is 11.0 Å². The summed E-state index contributed by atoms with van der Waals surface area (Å²) in [7, 11) is 0. The van der Waals surface area contributed by atoms with E-state index in [-0.39, 0.29) is 5.54 Å². The van der Waals surface area contributed by atoms with Crippen LogP contribution in [0.15, 0.2) is 12.5 Å². The van der Waals surface area contributed by atoms with Gasteiger partial charge in [-0.05, 0) is 38.2 Å². The average molecular weight is 259 g/mol. The van der Waals surface area contributed by atoms with E-state index in [0.717, 1.165) is 11.3 Å². The second kappa shape index (κ2) is 4.62. The molecule has 2 aromatic heterocycles. The average Bonchev–Trinajstić information content (AvgIpc) is 2.67. The Labute approximate surface area is 116 Å². The fourth-order valence-electron chi connectivity index (χ4n) is 2.50. The van der Waals surface area contributed by atoms with Crippen molar-refractivity contribution in [2.45, 2.75) is 65.8 Å². The van der Waals surface area contributed by atoms with Crippen LogP contribution in [-0.2, 0) is 5.54 Å². The topological polar surface area (TPSA) is 30.7 Å². The predicted molar refractivity (Wildman–Crippen MR) is 80.7 cm³/mol. The van der Waals surface area contributed by atoms with Crippen molar-refractivity contribution in [1.29, 1.82) is 0 Å². The molecule has 0 spiro atoms. The number of rotatable bonds is 2. The fraction of sp³-hybridized carbons (Fsp3) is 0.625. The van der Waals surface area contributed by atoms with E-state index in [0.29, 0.717) is 11.8 Å². The molecule has 3 heteroatoms. The standard InChI is InChI=1S/C16H25N3/c1-10(2)12-8-19(16(5,6)7)15-13(12)14(11(3)4)17-9-18-15/h8-11H,1-7H3. The van der Waals surface area contributed by atoms with Crippen LogP contribution in [0.5, 0.6) is 0 Å². The highest BCUT2D eigenvalue weighted by atomic mass is 15.1. The highest BCUT2D eigenvalue weighted by Crippen LogP contribution is 2.34. The summed E-state index contributed by atoms with van der Waals surface area (Å²) in [5, 5.41) is 1.25. The molecule has 0 saturated carbocycles. The third-order valence-electron chi connectivity index (χ3n) is 3.53. The first kappa shape index (κ1) is 14.0. The van der Waals surface area contributed by atoms with Gasteiger partial charge in [0.25, 0.3) is 0 Å². The first-order valence-corrected chi connectivity index (χ1v) is 7.09. The molecule has 2 heterocycles. The lowest BCUT2D eigenvalue weighted by atomic mass is 9.98. The van der Waals surface area contributed by atoms with Crippen molar-refractivity contribution < 1.29 is 0 Å². The van der Waals surface area contributed by atoms with E-state index in [9.17, 15) is 0 Å². The van der Waals surface area contributed by atoms with Crippen LogP contribution >= 0.6 is 0 Å². The molecule has 0 unspecified atom stereocenters. The van der Waals surface area contributed by atoms with Gasteiger partial charge in [0.15, 0.2) is 0 Å². The zero-order valence-corrected chi connectivity index (χ0v) is 13.2. The highest BCUT2D eigenvalue weighted by Gasteiger charge is 2.23. The molecule has 0 atom stereocenters. The van der Waals surface area contributed by atoms with Gasteiger partial charge in [-0.15, -0.1) is 0 Å². The van der Waals surface area contributed by atoms with Gasteiger partial charge >= 0.3 is 0 Å². The summed E-state index contributed by atoms with van der Waals surface area (Å²) in [6.07, 6.45) is 3.96. The van der Waals surface area contributed by atoms with E-state index in [1.54, 1.807) is 6.33 Å². The molecular formula is C16H25N3. The van der Waals surface area contributed by atoms with Crippen LogP contribution in [0.3, 0.4) is 0 Å². The molecule has 3 nitrogen and oxygen atoms in total. The molecule has 104 valence electrons. The van der Waals surface area contributed by atoms with Crippen molar-refractivity contribution >= 4 is 11.0 Å². The summed E-state index contributed by atoms with van der Waals surface area (Å²) in [6, 6.07) is 0. The molecule has 0 aliphatic heterocycles. The molecule has 0 aromatic carbocycles. The molecule has 0 bridgehead atoms. The summed E-state index contributed by atoms with van der Waals surface area (Å²) in [6.45, 7) is 15.5. The molecule has 2 rings (SSSR count). The minimum atomic E-state index is 0.0357. The van der Waals surface area contributed by atoms with Crippen LogP contribution in [0.4, 0.5) is 0 Å². The lowest BCUT2D eigenvalue weighted by Gasteiger charge is -2.22. The largest absolute Gasteiger partial charge is 0.327 e. The summed E-state index contributed by atoms with van der Waals surface area (Å²) in [4.78, 5) is 9.07. The monoisotopic (exact) mass is 259 g/mol. The molecule has 0 radical (unpaired) electrons. The summed E-state index contributed by atoms with van der Waals surface area (Å²) in [5.41, 5.74) is 3.62. The van der Waals surface area contributed by atoms with Crippen molar-refractivity contribution in [3.05, 3.63) is 23.8 Å². The van der Waals surface area contributed by atoms with Gasteiger partial charge in [0.2, 0.25) is 0 Å². The van der Waals surface area contributed by atoms with Crippen LogP contribution in [0.2, 0.25) is 0 Å².